The van der Waals surface area contributed by atoms with Crippen molar-refractivity contribution in [2.75, 3.05) is 27.9 Å². The summed E-state index contributed by atoms with van der Waals surface area (Å²) in [6.07, 6.45) is 0. The van der Waals surface area contributed by atoms with E-state index in [-0.39, 0.29) is 5.91 Å². The number of ether oxygens (including phenoxy) is 4. The molecule has 25 heavy (non-hydrogen) atoms. The SMILES string of the molecule is CCOc1ccc(C(=O)NCc2cc(OC)c(OC)c(OC)c2)cc1. The van der Waals surface area contributed by atoms with Gasteiger partial charge in [-0.2, -0.15) is 0 Å². The van der Waals surface area contributed by atoms with Crippen molar-refractivity contribution in [2.24, 2.45) is 0 Å². The fraction of sp³-hybridized carbons (Fsp3) is 0.316. The number of hydrogen-bond acceptors (Lipinski definition) is 5. The van der Waals surface area contributed by atoms with Crippen molar-refractivity contribution in [3.05, 3.63) is 47.5 Å². The van der Waals surface area contributed by atoms with E-state index in [2.05, 4.69) is 5.32 Å². The Hall–Kier alpha value is -2.89. The van der Waals surface area contributed by atoms with Gasteiger partial charge in [0.1, 0.15) is 5.75 Å². The van der Waals surface area contributed by atoms with E-state index in [0.717, 1.165) is 11.3 Å². The van der Waals surface area contributed by atoms with Crippen LogP contribution in [0.1, 0.15) is 22.8 Å². The highest BCUT2D eigenvalue weighted by Gasteiger charge is 2.14. The van der Waals surface area contributed by atoms with Crippen LogP contribution in [0.25, 0.3) is 0 Å². The Balaban J connectivity index is 2.08. The van der Waals surface area contributed by atoms with Crippen molar-refractivity contribution in [2.45, 2.75) is 13.5 Å². The summed E-state index contributed by atoms with van der Waals surface area (Å²) in [5.41, 5.74) is 1.41. The first kappa shape index (κ1) is 18.4. The van der Waals surface area contributed by atoms with E-state index in [1.807, 2.05) is 6.92 Å². The molecule has 1 N–H and O–H groups in total. The van der Waals surface area contributed by atoms with E-state index in [0.29, 0.717) is 36.0 Å². The number of methoxy groups -OCH3 is 3. The molecular weight excluding hydrogens is 322 g/mol. The van der Waals surface area contributed by atoms with Crippen LogP contribution < -0.4 is 24.3 Å². The molecule has 0 saturated carbocycles. The van der Waals surface area contributed by atoms with Crippen molar-refractivity contribution < 1.29 is 23.7 Å². The van der Waals surface area contributed by atoms with Gasteiger partial charge in [0.15, 0.2) is 11.5 Å². The first-order valence-corrected chi connectivity index (χ1v) is 7.92. The summed E-state index contributed by atoms with van der Waals surface area (Å²) in [6.45, 7) is 2.84. The first-order valence-electron chi connectivity index (χ1n) is 7.92. The van der Waals surface area contributed by atoms with E-state index in [9.17, 15) is 4.79 Å². The predicted molar refractivity (Wildman–Crippen MR) is 94.9 cm³/mol. The molecule has 2 aromatic carbocycles. The molecule has 2 rings (SSSR count). The van der Waals surface area contributed by atoms with Gasteiger partial charge in [0.05, 0.1) is 27.9 Å². The zero-order valence-electron chi connectivity index (χ0n) is 14.9. The molecule has 0 unspecified atom stereocenters. The topological polar surface area (TPSA) is 66.0 Å². The van der Waals surface area contributed by atoms with Crippen LogP contribution in [0.15, 0.2) is 36.4 Å². The van der Waals surface area contributed by atoms with Gasteiger partial charge >= 0.3 is 0 Å². The van der Waals surface area contributed by atoms with Gasteiger partial charge in [-0.3, -0.25) is 4.79 Å². The summed E-state index contributed by atoms with van der Waals surface area (Å²) in [6, 6.07) is 10.6. The molecule has 2 aromatic rings. The number of nitrogens with one attached hydrogen (secondary N) is 1. The Bertz CT molecular complexity index is 687. The second kappa shape index (κ2) is 8.82. The zero-order chi connectivity index (χ0) is 18.2. The largest absolute Gasteiger partial charge is 0.494 e. The molecule has 0 atom stereocenters. The third kappa shape index (κ3) is 4.56. The van der Waals surface area contributed by atoms with Gasteiger partial charge in [-0.05, 0) is 48.9 Å². The van der Waals surface area contributed by atoms with Crippen LogP contribution in [0.2, 0.25) is 0 Å². The van der Waals surface area contributed by atoms with E-state index in [4.69, 9.17) is 18.9 Å². The van der Waals surface area contributed by atoms with Crippen molar-refractivity contribution in [3.63, 3.8) is 0 Å². The van der Waals surface area contributed by atoms with Crippen LogP contribution in [0.3, 0.4) is 0 Å². The molecule has 0 bridgehead atoms. The molecule has 6 nitrogen and oxygen atoms in total. The van der Waals surface area contributed by atoms with Crippen LogP contribution in [0.5, 0.6) is 23.0 Å². The number of rotatable bonds is 8. The molecule has 134 valence electrons. The predicted octanol–water partition coefficient (Wildman–Crippen LogP) is 3.04. The lowest BCUT2D eigenvalue weighted by atomic mass is 10.1. The number of amides is 1. The Morgan fingerprint density at radius 2 is 1.56 bits per heavy atom. The summed E-state index contributed by atoms with van der Waals surface area (Å²) in [4.78, 5) is 12.3. The van der Waals surface area contributed by atoms with E-state index >= 15 is 0 Å². The maximum Gasteiger partial charge on any atom is 0.251 e. The summed E-state index contributed by atoms with van der Waals surface area (Å²) >= 11 is 0. The molecule has 0 radical (unpaired) electrons. The van der Waals surface area contributed by atoms with E-state index < -0.39 is 0 Å². The fourth-order valence-corrected chi connectivity index (χ4v) is 2.39. The lowest BCUT2D eigenvalue weighted by molar-refractivity contribution is 0.0951. The van der Waals surface area contributed by atoms with Crippen LogP contribution in [0, 0.1) is 0 Å². The Morgan fingerprint density at radius 1 is 0.960 bits per heavy atom. The second-order valence-electron chi connectivity index (χ2n) is 5.17. The number of benzene rings is 2. The quantitative estimate of drug-likeness (QED) is 0.796. The normalized spacial score (nSPS) is 10.1. The summed E-state index contributed by atoms with van der Waals surface area (Å²) in [7, 11) is 4.66. The molecule has 0 spiro atoms. The Kier molecular flexibility index (Phi) is 6.51. The monoisotopic (exact) mass is 345 g/mol. The molecule has 1 amide bonds. The third-order valence-corrected chi connectivity index (χ3v) is 3.61. The van der Waals surface area contributed by atoms with E-state index in [1.54, 1.807) is 57.7 Å². The minimum atomic E-state index is -0.170. The van der Waals surface area contributed by atoms with Crippen LogP contribution in [-0.4, -0.2) is 33.8 Å². The molecule has 0 aromatic heterocycles. The maximum absolute atomic E-state index is 12.3. The summed E-state index contributed by atoms with van der Waals surface area (Å²) in [5, 5.41) is 2.88. The van der Waals surface area contributed by atoms with Gasteiger partial charge in [0, 0.05) is 12.1 Å². The van der Waals surface area contributed by atoms with Gasteiger partial charge < -0.3 is 24.3 Å². The molecule has 0 heterocycles. The highest BCUT2D eigenvalue weighted by Crippen LogP contribution is 2.38. The number of carbonyl (C=O) groups is 1. The van der Waals surface area contributed by atoms with Gasteiger partial charge in [-0.15, -0.1) is 0 Å². The Labute approximate surface area is 147 Å². The summed E-state index contributed by atoms with van der Waals surface area (Å²) in [5.74, 6) is 2.19. The Morgan fingerprint density at radius 3 is 2.04 bits per heavy atom. The summed E-state index contributed by atoms with van der Waals surface area (Å²) < 4.78 is 21.3. The smallest absolute Gasteiger partial charge is 0.251 e. The fourth-order valence-electron chi connectivity index (χ4n) is 2.39. The van der Waals surface area contributed by atoms with Gasteiger partial charge in [-0.1, -0.05) is 0 Å². The molecule has 0 aliphatic carbocycles. The maximum atomic E-state index is 12.3. The zero-order valence-corrected chi connectivity index (χ0v) is 14.9. The molecule has 0 fully saturated rings. The van der Waals surface area contributed by atoms with Gasteiger partial charge in [-0.25, -0.2) is 0 Å². The van der Waals surface area contributed by atoms with Gasteiger partial charge in [0.25, 0.3) is 5.91 Å². The van der Waals surface area contributed by atoms with Crippen molar-refractivity contribution in [1.82, 2.24) is 5.32 Å². The average Bonchev–Trinajstić information content (AvgIpc) is 2.65. The van der Waals surface area contributed by atoms with Crippen molar-refractivity contribution in [3.8, 4) is 23.0 Å². The van der Waals surface area contributed by atoms with Crippen LogP contribution in [-0.2, 0) is 6.54 Å². The first-order chi connectivity index (χ1) is 12.1. The van der Waals surface area contributed by atoms with Crippen LogP contribution >= 0.6 is 0 Å². The minimum Gasteiger partial charge on any atom is -0.494 e. The molecule has 0 aliphatic rings. The third-order valence-electron chi connectivity index (χ3n) is 3.61. The lowest BCUT2D eigenvalue weighted by Gasteiger charge is -2.14. The van der Waals surface area contributed by atoms with Gasteiger partial charge in [0.2, 0.25) is 5.75 Å². The molecule has 6 heteroatoms. The highest BCUT2D eigenvalue weighted by atomic mass is 16.5. The number of hydrogen-bond donors (Lipinski definition) is 1. The van der Waals surface area contributed by atoms with Crippen molar-refractivity contribution in [1.29, 1.82) is 0 Å². The van der Waals surface area contributed by atoms with Crippen LogP contribution in [0.4, 0.5) is 0 Å². The minimum absolute atomic E-state index is 0.170. The molecule has 0 aliphatic heterocycles. The standard InChI is InChI=1S/C19H23NO5/c1-5-25-15-8-6-14(7-9-15)19(21)20-12-13-10-16(22-2)18(24-4)17(11-13)23-3/h6-11H,5,12H2,1-4H3,(H,20,21). The molecule has 0 saturated heterocycles. The second-order valence-corrected chi connectivity index (χ2v) is 5.17. The van der Waals surface area contributed by atoms with Crippen molar-refractivity contribution >= 4 is 5.91 Å². The average molecular weight is 345 g/mol. The lowest BCUT2D eigenvalue weighted by Crippen LogP contribution is -2.22. The number of carbonyl (C=O) groups excluding carboxylic acids is 1. The highest BCUT2D eigenvalue weighted by molar-refractivity contribution is 5.94. The molecular formula is C19H23NO5. The van der Waals surface area contributed by atoms with E-state index in [1.165, 1.54) is 0 Å².